The average Bonchev–Trinajstić information content (AvgIpc) is 3.38. The van der Waals surface area contributed by atoms with Crippen LogP contribution in [0, 0.1) is 0 Å². The maximum absolute atomic E-state index is 12.8. The third-order valence-electron chi connectivity index (χ3n) is 5.02. The number of ether oxygens (including phenoxy) is 2. The monoisotopic (exact) mass is 361 g/mol. The lowest BCUT2D eigenvalue weighted by Crippen LogP contribution is -2.22. The largest absolute Gasteiger partial charge is 0.493 e. The summed E-state index contributed by atoms with van der Waals surface area (Å²) < 4.78 is 13.2. The highest BCUT2D eigenvalue weighted by Gasteiger charge is 2.29. The van der Waals surface area contributed by atoms with Gasteiger partial charge in [-0.05, 0) is 53.6 Å². The quantitative estimate of drug-likeness (QED) is 0.717. The Bertz CT molecular complexity index is 1040. The van der Waals surface area contributed by atoms with Crippen LogP contribution in [0.15, 0.2) is 48.7 Å². The number of aromatic nitrogens is 2. The molecular weight excluding hydrogens is 342 g/mol. The Morgan fingerprint density at radius 2 is 2.07 bits per heavy atom. The van der Waals surface area contributed by atoms with Gasteiger partial charge in [-0.25, -0.2) is 0 Å². The summed E-state index contributed by atoms with van der Waals surface area (Å²) in [7, 11) is 1.88. The molecule has 0 unspecified atom stereocenters. The number of aryl methyl sites for hydroxylation is 1. The van der Waals surface area contributed by atoms with Gasteiger partial charge in [-0.3, -0.25) is 9.48 Å². The van der Waals surface area contributed by atoms with Crippen LogP contribution in [0.4, 0.5) is 5.69 Å². The Labute approximate surface area is 156 Å². The van der Waals surface area contributed by atoms with Crippen molar-refractivity contribution in [1.82, 2.24) is 9.78 Å². The lowest BCUT2D eigenvalue weighted by molar-refractivity contribution is 0.0996. The summed E-state index contributed by atoms with van der Waals surface area (Å²) in [5, 5.41) is 4.31. The molecule has 0 N–H and O–H groups in total. The number of amides is 1. The molecule has 0 aliphatic carbocycles. The number of carbonyl (C=O) groups is 1. The highest BCUT2D eigenvalue weighted by atomic mass is 16.5. The maximum Gasteiger partial charge on any atom is 0.258 e. The molecule has 3 aromatic rings. The number of fused-ring (bicyclic) bond motifs is 2. The van der Waals surface area contributed by atoms with Crippen LogP contribution in [0.1, 0.15) is 27.2 Å². The molecule has 0 fully saturated rings. The zero-order valence-corrected chi connectivity index (χ0v) is 15.0. The minimum atomic E-state index is 0.0279. The Morgan fingerprint density at radius 1 is 1.15 bits per heavy atom. The molecule has 2 aliphatic rings. The molecule has 0 saturated carbocycles. The van der Waals surface area contributed by atoms with E-state index in [2.05, 4.69) is 11.2 Å². The van der Waals surface area contributed by atoms with Gasteiger partial charge in [0.15, 0.2) is 0 Å². The van der Waals surface area contributed by atoms with Crippen molar-refractivity contribution < 1.29 is 14.3 Å². The van der Waals surface area contributed by atoms with Crippen LogP contribution in [0.3, 0.4) is 0 Å². The zero-order chi connectivity index (χ0) is 18.4. The van der Waals surface area contributed by atoms with E-state index in [1.807, 2.05) is 54.5 Å². The first-order valence-electron chi connectivity index (χ1n) is 8.99. The van der Waals surface area contributed by atoms with Crippen molar-refractivity contribution in [3.63, 3.8) is 0 Å². The third kappa shape index (κ3) is 2.83. The first-order valence-corrected chi connectivity index (χ1v) is 8.99. The van der Waals surface area contributed by atoms with Crippen molar-refractivity contribution in [2.75, 3.05) is 11.5 Å². The second-order valence-corrected chi connectivity index (χ2v) is 6.87. The van der Waals surface area contributed by atoms with Crippen LogP contribution in [0.25, 0.3) is 0 Å². The standard InChI is InChI=1S/C21H19N3O3/c1-23-8-6-16(22-23)13-27-18-3-4-19-15(11-18)12-24(21(19)25)17-2-5-20-14(10-17)7-9-26-20/h2-6,8,10-11H,7,9,12-13H2,1H3. The Hall–Kier alpha value is -3.28. The van der Waals surface area contributed by atoms with Gasteiger partial charge in [0, 0.05) is 30.9 Å². The Morgan fingerprint density at radius 3 is 2.93 bits per heavy atom. The van der Waals surface area contributed by atoms with Crippen molar-refractivity contribution in [3.8, 4) is 11.5 Å². The molecule has 1 aromatic heterocycles. The summed E-state index contributed by atoms with van der Waals surface area (Å²) >= 11 is 0. The summed E-state index contributed by atoms with van der Waals surface area (Å²) in [6, 6.07) is 13.5. The van der Waals surface area contributed by atoms with Gasteiger partial charge in [0.05, 0.1) is 18.8 Å². The smallest absolute Gasteiger partial charge is 0.258 e. The molecule has 0 radical (unpaired) electrons. The van der Waals surface area contributed by atoms with E-state index in [1.165, 1.54) is 0 Å². The second-order valence-electron chi connectivity index (χ2n) is 6.87. The summed E-state index contributed by atoms with van der Waals surface area (Å²) in [5.74, 6) is 1.70. The first-order chi connectivity index (χ1) is 13.2. The zero-order valence-electron chi connectivity index (χ0n) is 15.0. The topological polar surface area (TPSA) is 56.6 Å². The molecule has 2 aromatic carbocycles. The number of nitrogens with zero attached hydrogens (tertiary/aromatic N) is 3. The van der Waals surface area contributed by atoms with E-state index in [1.54, 1.807) is 4.68 Å². The van der Waals surface area contributed by atoms with Gasteiger partial charge in [0.2, 0.25) is 0 Å². The molecule has 3 heterocycles. The van der Waals surface area contributed by atoms with E-state index in [0.29, 0.717) is 19.8 Å². The molecule has 0 spiro atoms. The summed E-state index contributed by atoms with van der Waals surface area (Å²) in [4.78, 5) is 14.6. The fraction of sp³-hybridized carbons (Fsp3) is 0.238. The number of rotatable bonds is 4. The molecule has 136 valence electrons. The number of carbonyl (C=O) groups excluding carboxylic acids is 1. The van der Waals surface area contributed by atoms with Crippen LogP contribution in [-0.2, 0) is 26.6 Å². The van der Waals surface area contributed by atoms with E-state index < -0.39 is 0 Å². The molecule has 5 rings (SSSR count). The van der Waals surface area contributed by atoms with Crippen molar-refractivity contribution in [3.05, 3.63) is 71.0 Å². The summed E-state index contributed by atoms with van der Waals surface area (Å²) in [6.07, 6.45) is 2.78. The molecule has 27 heavy (non-hydrogen) atoms. The van der Waals surface area contributed by atoms with E-state index in [4.69, 9.17) is 9.47 Å². The van der Waals surface area contributed by atoms with Crippen molar-refractivity contribution in [2.24, 2.45) is 7.05 Å². The van der Waals surface area contributed by atoms with Gasteiger partial charge >= 0.3 is 0 Å². The Balaban J connectivity index is 1.35. The molecule has 0 atom stereocenters. The lowest BCUT2D eigenvalue weighted by Gasteiger charge is -2.16. The molecule has 6 heteroatoms. The predicted octanol–water partition coefficient (Wildman–Crippen LogP) is 3.09. The number of hydrogen-bond acceptors (Lipinski definition) is 4. The average molecular weight is 361 g/mol. The second kappa shape index (κ2) is 6.16. The number of hydrogen-bond donors (Lipinski definition) is 0. The highest BCUT2D eigenvalue weighted by Crippen LogP contribution is 2.34. The SMILES string of the molecule is Cn1ccc(COc2ccc3c(c2)CN(c2ccc4c(c2)CCO4)C3=O)n1. The van der Waals surface area contributed by atoms with Crippen LogP contribution >= 0.6 is 0 Å². The molecule has 0 saturated heterocycles. The van der Waals surface area contributed by atoms with Crippen molar-refractivity contribution in [1.29, 1.82) is 0 Å². The molecule has 0 bridgehead atoms. The van der Waals surface area contributed by atoms with Gasteiger partial charge in [0.25, 0.3) is 5.91 Å². The molecule has 1 amide bonds. The van der Waals surface area contributed by atoms with Crippen molar-refractivity contribution in [2.45, 2.75) is 19.6 Å². The number of benzene rings is 2. The van der Waals surface area contributed by atoms with Crippen molar-refractivity contribution >= 4 is 11.6 Å². The normalized spacial score (nSPS) is 14.9. The Kier molecular flexibility index (Phi) is 3.63. The third-order valence-corrected chi connectivity index (χ3v) is 5.02. The van der Waals surface area contributed by atoms with Gasteiger partial charge in [-0.15, -0.1) is 0 Å². The van der Waals surface area contributed by atoms with E-state index >= 15 is 0 Å². The van der Waals surface area contributed by atoms with Crippen LogP contribution < -0.4 is 14.4 Å². The van der Waals surface area contributed by atoms with Crippen LogP contribution in [0.2, 0.25) is 0 Å². The molecular formula is C21H19N3O3. The van der Waals surface area contributed by atoms with Gasteiger partial charge in [-0.1, -0.05) is 0 Å². The van der Waals surface area contributed by atoms with Gasteiger partial charge in [-0.2, -0.15) is 5.10 Å². The van der Waals surface area contributed by atoms with Gasteiger partial charge in [0.1, 0.15) is 18.1 Å². The van der Waals surface area contributed by atoms with E-state index in [-0.39, 0.29) is 5.91 Å². The molecule has 2 aliphatic heterocycles. The minimum Gasteiger partial charge on any atom is -0.493 e. The minimum absolute atomic E-state index is 0.0279. The summed E-state index contributed by atoms with van der Waals surface area (Å²) in [5.41, 5.74) is 4.66. The van der Waals surface area contributed by atoms with Crippen LogP contribution in [0.5, 0.6) is 11.5 Å². The highest BCUT2D eigenvalue weighted by molar-refractivity contribution is 6.10. The fourth-order valence-corrected chi connectivity index (χ4v) is 3.63. The maximum atomic E-state index is 12.8. The lowest BCUT2D eigenvalue weighted by atomic mass is 10.1. The van der Waals surface area contributed by atoms with Crippen LogP contribution in [-0.4, -0.2) is 22.3 Å². The first kappa shape index (κ1) is 15.9. The van der Waals surface area contributed by atoms with E-state index in [0.717, 1.165) is 46.0 Å². The predicted molar refractivity (Wildman–Crippen MR) is 100 cm³/mol. The van der Waals surface area contributed by atoms with E-state index in [9.17, 15) is 4.79 Å². The fourth-order valence-electron chi connectivity index (χ4n) is 3.63. The summed E-state index contributed by atoms with van der Waals surface area (Å²) in [6.45, 7) is 1.67. The molecule has 6 nitrogen and oxygen atoms in total. The van der Waals surface area contributed by atoms with Gasteiger partial charge < -0.3 is 14.4 Å². The number of anilines is 1.